The van der Waals surface area contributed by atoms with Crippen LogP contribution in [0.4, 0.5) is 0 Å². The first-order chi connectivity index (χ1) is 10.4. The lowest BCUT2D eigenvalue weighted by molar-refractivity contribution is -0.141. The van der Waals surface area contributed by atoms with E-state index >= 15 is 0 Å². The SMILES string of the molecule is CCCC[C@H](NC(=O)CNC(=O)c1cccc(Cl)c1)C(=O)O. The Morgan fingerprint density at radius 2 is 2.05 bits per heavy atom. The minimum atomic E-state index is -1.08. The fraction of sp³-hybridized carbons (Fsp3) is 0.400. The van der Waals surface area contributed by atoms with Gasteiger partial charge in [-0.05, 0) is 24.6 Å². The molecule has 3 N–H and O–H groups in total. The van der Waals surface area contributed by atoms with Crippen molar-refractivity contribution < 1.29 is 19.5 Å². The van der Waals surface area contributed by atoms with Gasteiger partial charge < -0.3 is 15.7 Å². The standard InChI is InChI=1S/C15H19ClN2O4/c1-2-3-7-12(15(21)22)18-13(19)9-17-14(20)10-5-4-6-11(16)8-10/h4-6,8,12H,2-3,7,9H2,1H3,(H,17,20)(H,18,19)(H,21,22)/t12-/m0/s1. The summed E-state index contributed by atoms with van der Waals surface area (Å²) in [6.07, 6.45) is 1.90. The first-order valence-electron chi connectivity index (χ1n) is 7.00. The summed E-state index contributed by atoms with van der Waals surface area (Å²) in [5, 5.41) is 14.3. The van der Waals surface area contributed by atoms with Gasteiger partial charge in [0.25, 0.3) is 5.91 Å². The molecule has 0 bridgehead atoms. The van der Waals surface area contributed by atoms with E-state index in [2.05, 4.69) is 10.6 Å². The van der Waals surface area contributed by atoms with E-state index in [1.165, 1.54) is 6.07 Å². The predicted octanol–water partition coefficient (Wildman–Crippen LogP) is 1.83. The van der Waals surface area contributed by atoms with Crippen molar-refractivity contribution in [1.29, 1.82) is 0 Å². The predicted molar refractivity (Wildman–Crippen MR) is 82.9 cm³/mol. The lowest BCUT2D eigenvalue weighted by Crippen LogP contribution is -2.45. The maximum Gasteiger partial charge on any atom is 0.326 e. The van der Waals surface area contributed by atoms with E-state index < -0.39 is 23.8 Å². The number of carbonyl (C=O) groups is 3. The maximum absolute atomic E-state index is 11.8. The van der Waals surface area contributed by atoms with Gasteiger partial charge in [-0.3, -0.25) is 9.59 Å². The minimum Gasteiger partial charge on any atom is -0.480 e. The average Bonchev–Trinajstić information content (AvgIpc) is 2.48. The molecule has 0 saturated carbocycles. The zero-order chi connectivity index (χ0) is 16.5. The van der Waals surface area contributed by atoms with E-state index in [0.29, 0.717) is 23.4 Å². The molecule has 22 heavy (non-hydrogen) atoms. The van der Waals surface area contributed by atoms with Crippen LogP contribution in [0.3, 0.4) is 0 Å². The van der Waals surface area contributed by atoms with Crippen molar-refractivity contribution in [3.05, 3.63) is 34.9 Å². The number of halogens is 1. The number of hydrogen-bond donors (Lipinski definition) is 3. The Labute approximate surface area is 133 Å². The number of aliphatic carboxylic acids is 1. The smallest absolute Gasteiger partial charge is 0.326 e. The number of carbonyl (C=O) groups excluding carboxylic acids is 2. The van der Waals surface area contributed by atoms with E-state index in [4.69, 9.17) is 16.7 Å². The minimum absolute atomic E-state index is 0.290. The Hall–Kier alpha value is -2.08. The summed E-state index contributed by atoms with van der Waals surface area (Å²) in [6.45, 7) is 1.65. The van der Waals surface area contributed by atoms with Gasteiger partial charge in [0.05, 0.1) is 6.54 Å². The molecule has 0 aromatic heterocycles. The molecule has 1 aromatic rings. The molecule has 0 fully saturated rings. The third-order valence-corrected chi connectivity index (χ3v) is 3.21. The molecule has 0 heterocycles. The number of unbranched alkanes of at least 4 members (excludes halogenated alkanes) is 1. The van der Waals surface area contributed by atoms with Gasteiger partial charge in [-0.15, -0.1) is 0 Å². The lowest BCUT2D eigenvalue weighted by atomic mass is 10.1. The third kappa shape index (κ3) is 6.13. The van der Waals surface area contributed by atoms with Crippen LogP contribution in [0.1, 0.15) is 36.5 Å². The Balaban J connectivity index is 2.47. The molecule has 0 aliphatic heterocycles. The van der Waals surface area contributed by atoms with Gasteiger partial charge in [0.15, 0.2) is 0 Å². The summed E-state index contributed by atoms with van der Waals surface area (Å²) in [5.41, 5.74) is 0.334. The maximum atomic E-state index is 11.8. The van der Waals surface area contributed by atoms with Crippen molar-refractivity contribution in [1.82, 2.24) is 10.6 Å². The van der Waals surface area contributed by atoms with E-state index in [1.54, 1.807) is 18.2 Å². The van der Waals surface area contributed by atoms with Gasteiger partial charge in [-0.25, -0.2) is 4.79 Å². The third-order valence-electron chi connectivity index (χ3n) is 2.98. The highest BCUT2D eigenvalue weighted by atomic mass is 35.5. The number of rotatable bonds is 8. The molecule has 0 saturated heterocycles. The second-order valence-corrected chi connectivity index (χ2v) is 5.23. The number of carboxylic acid groups (broad SMARTS) is 1. The normalized spacial score (nSPS) is 11.5. The van der Waals surface area contributed by atoms with Crippen molar-refractivity contribution >= 4 is 29.4 Å². The van der Waals surface area contributed by atoms with Gasteiger partial charge in [0.1, 0.15) is 6.04 Å². The molecule has 2 amide bonds. The van der Waals surface area contributed by atoms with Crippen molar-refractivity contribution in [3.63, 3.8) is 0 Å². The molecule has 7 heteroatoms. The number of carboxylic acids is 1. The van der Waals surface area contributed by atoms with Crippen LogP contribution in [0.2, 0.25) is 5.02 Å². The van der Waals surface area contributed by atoms with Crippen LogP contribution in [0.5, 0.6) is 0 Å². The van der Waals surface area contributed by atoms with Crippen molar-refractivity contribution in [3.8, 4) is 0 Å². The van der Waals surface area contributed by atoms with Gasteiger partial charge in [0, 0.05) is 10.6 Å². The van der Waals surface area contributed by atoms with Crippen LogP contribution in [-0.4, -0.2) is 35.5 Å². The second kappa shape index (κ2) is 9.04. The Morgan fingerprint density at radius 1 is 1.32 bits per heavy atom. The monoisotopic (exact) mass is 326 g/mol. The molecule has 0 aliphatic carbocycles. The zero-order valence-electron chi connectivity index (χ0n) is 12.3. The molecule has 0 spiro atoms. The number of hydrogen-bond acceptors (Lipinski definition) is 3. The number of amides is 2. The van der Waals surface area contributed by atoms with Gasteiger partial charge in [-0.1, -0.05) is 37.4 Å². The van der Waals surface area contributed by atoms with Gasteiger partial charge in [0.2, 0.25) is 5.91 Å². The molecular weight excluding hydrogens is 308 g/mol. The highest BCUT2D eigenvalue weighted by molar-refractivity contribution is 6.30. The summed E-state index contributed by atoms with van der Waals surface area (Å²) < 4.78 is 0. The second-order valence-electron chi connectivity index (χ2n) is 4.79. The number of nitrogens with one attached hydrogen (secondary N) is 2. The molecule has 0 unspecified atom stereocenters. The summed E-state index contributed by atoms with van der Waals surface area (Å²) in [7, 11) is 0. The van der Waals surface area contributed by atoms with Crippen molar-refractivity contribution in [2.24, 2.45) is 0 Å². The highest BCUT2D eigenvalue weighted by Gasteiger charge is 2.19. The van der Waals surface area contributed by atoms with Crippen LogP contribution in [0, 0.1) is 0 Å². The molecule has 120 valence electrons. The van der Waals surface area contributed by atoms with Crippen molar-refractivity contribution in [2.45, 2.75) is 32.2 Å². The summed E-state index contributed by atoms with van der Waals surface area (Å²) in [6, 6.07) is 5.38. The summed E-state index contributed by atoms with van der Waals surface area (Å²) in [5.74, 6) is -2.07. The topological polar surface area (TPSA) is 95.5 Å². The van der Waals surface area contributed by atoms with Crippen LogP contribution in [-0.2, 0) is 9.59 Å². The fourth-order valence-corrected chi connectivity index (χ4v) is 1.99. The molecule has 0 aliphatic rings. The molecule has 1 atom stereocenters. The Kier molecular flexibility index (Phi) is 7.39. The fourth-order valence-electron chi connectivity index (χ4n) is 1.80. The van der Waals surface area contributed by atoms with Crippen molar-refractivity contribution in [2.75, 3.05) is 6.54 Å². The van der Waals surface area contributed by atoms with E-state index in [-0.39, 0.29) is 6.54 Å². The zero-order valence-corrected chi connectivity index (χ0v) is 13.0. The first-order valence-corrected chi connectivity index (χ1v) is 7.37. The van der Waals surface area contributed by atoms with Crippen LogP contribution >= 0.6 is 11.6 Å². The molecule has 0 radical (unpaired) electrons. The Bertz CT molecular complexity index is 548. The van der Waals surface area contributed by atoms with Gasteiger partial charge in [-0.2, -0.15) is 0 Å². The molecule has 1 rings (SSSR count). The van der Waals surface area contributed by atoms with E-state index in [1.807, 2.05) is 6.92 Å². The van der Waals surface area contributed by atoms with Gasteiger partial charge >= 0.3 is 5.97 Å². The van der Waals surface area contributed by atoms with Crippen LogP contribution in [0.15, 0.2) is 24.3 Å². The van der Waals surface area contributed by atoms with E-state index in [9.17, 15) is 14.4 Å². The summed E-state index contributed by atoms with van der Waals surface area (Å²) >= 11 is 5.78. The average molecular weight is 327 g/mol. The number of benzene rings is 1. The highest BCUT2D eigenvalue weighted by Crippen LogP contribution is 2.10. The Morgan fingerprint density at radius 3 is 2.64 bits per heavy atom. The lowest BCUT2D eigenvalue weighted by Gasteiger charge is -2.14. The molecule has 6 nitrogen and oxygen atoms in total. The molecule has 1 aromatic carbocycles. The largest absolute Gasteiger partial charge is 0.480 e. The molecular formula is C15H19ClN2O4. The van der Waals surface area contributed by atoms with Crippen LogP contribution in [0.25, 0.3) is 0 Å². The first kappa shape index (κ1) is 18.0. The quantitative estimate of drug-likeness (QED) is 0.679. The van der Waals surface area contributed by atoms with E-state index in [0.717, 1.165) is 6.42 Å². The van der Waals surface area contributed by atoms with Crippen LogP contribution < -0.4 is 10.6 Å². The summed E-state index contributed by atoms with van der Waals surface area (Å²) in [4.78, 5) is 34.6.